The Kier molecular flexibility index (Phi) is 10.5. The number of imidazole rings is 1. The van der Waals surface area contributed by atoms with Crippen molar-refractivity contribution in [3.63, 3.8) is 0 Å². The monoisotopic (exact) mass is 656 g/mol. The third kappa shape index (κ3) is 8.24. The molecule has 3 aromatic heterocycles. The third-order valence-electron chi connectivity index (χ3n) is 8.06. The first kappa shape index (κ1) is 33.4. The van der Waals surface area contributed by atoms with Gasteiger partial charge in [-0.1, -0.05) is 36.4 Å². The molecule has 0 spiro atoms. The number of amides is 3. The molecule has 4 atom stereocenters. The van der Waals surface area contributed by atoms with Gasteiger partial charge >= 0.3 is 11.9 Å². The summed E-state index contributed by atoms with van der Waals surface area (Å²) in [5.74, 6) is -4.81. The molecule has 0 fully saturated rings. The van der Waals surface area contributed by atoms with Crippen molar-refractivity contribution in [2.24, 2.45) is 5.73 Å². The fraction of sp³-hybridized carbons (Fsp3) is 0.273. The van der Waals surface area contributed by atoms with E-state index in [9.17, 15) is 29.1 Å². The van der Waals surface area contributed by atoms with Crippen LogP contribution in [0.25, 0.3) is 21.8 Å². The minimum atomic E-state index is -1.51. The Bertz CT molecular complexity index is 1910. The number of aromatic nitrogens is 4. The average molecular weight is 657 g/mol. The first-order valence-electron chi connectivity index (χ1n) is 15.3. The summed E-state index contributed by atoms with van der Waals surface area (Å²) in [6.07, 6.45) is 5.61. The first-order valence-corrected chi connectivity index (χ1v) is 15.3. The van der Waals surface area contributed by atoms with Gasteiger partial charge in [0.25, 0.3) is 0 Å². The van der Waals surface area contributed by atoms with Gasteiger partial charge in [-0.3, -0.25) is 19.2 Å². The normalized spacial score (nSPS) is 13.8. The molecule has 48 heavy (non-hydrogen) atoms. The largest absolute Gasteiger partial charge is 0.481 e. The zero-order chi connectivity index (χ0) is 34.2. The number of carboxylic acid groups (broad SMARTS) is 2. The Labute approximate surface area is 273 Å². The number of nitrogens with zero attached hydrogens (tertiary/aromatic N) is 1. The summed E-state index contributed by atoms with van der Waals surface area (Å²) in [6, 6.07) is 10.0. The number of para-hydroxylation sites is 2. The van der Waals surface area contributed by atoms with Gasteiger partial charge in [-0.25, -0.2) is 9.78 Å². The maximum Gasteiger partial charge on any atom is 0.326 e. The number of carbonyl (C=O) groups excluding carboxylic acids is 3. The van der Waals surface area contributed by atoms with Crippen LogP contribution in [0.5, 0.6) is 0 Å². The van der Waals surface area contributed by atoms with Gasteiger partial charge in [-0.2, -0.15) is 0 Å². The maximum atomic E-state index is 14.0. The van der Waals surface area contributed by atoms with E-state index < -0.39 is 60.2 Å². The van der Waals surface area contributed by atoms with Gasteiger partial charge in [0.15, 0.2) is 0 Å². The number of carbonyl (C=O) groups is 5. The summed E-state index contributed by atoms with van der Waals surface area (Å²) in [4.78, 5) is 76.8. The Hall–Kier alpha value is -5.96. The van der Waals surface area contributed by atoms with Crippen LogP contribution >= 0.6 is 0 Å². The van der Waals surface area contributed by atoms with E-state index in [-0.39, 0.29) is 25.7 Å². The number of rotatable bonds is 16. The van der Waals surface area contributed by atoms with Crippen molar-refractivity contribution in [2.45, 2.75) is 56.3 Å². The molecule has 0 saturated heterocycles. The van der Waals surface area contributed by atoms with Gasteiger partial charge in [0.2, 0.25) is 17.7 Å². The lowest BCUT2D eigenvalue weighted by molar-refractivity contribution is -0.143. The molecule has 0 saturated carbocycles. The van der Waals surface area contributed by atoms with Gasteiger partial charge in [0, 0.05) is 65.4 Å². The highest BCUT2D eigenvalue weighted by atomic mass is 16.4. The highest BCUT2D eigenvalue weighted by molar-refractivity contribution is 5.95. The average Bonchev–Trinajstić information content (AvgIpc) is 3.83. The van der Waals surface area contributed by atoms with E-state index >= 15 is 0 Å². The minimum absolute atomic E-state index is 0.0378. The molecule has 0 radical (unpaired) electrons. The number of hydrogen-bond donors (Lipinski definition) is 9. The third-order valence-corrected chi connectivity index (χ3v) is 8.06. The smallest absolute Gasteiger partial charge is 0.326 e. The lowest BCUT2D eigenvalue weighted by Gasteiger charge is -2.25. The van der Waals surface area contributed by atoms with Gasteiger partial charge in [0.05, 0.1) is 12.4 Å². The van der Waals surface area contributed by atoms with Crippen molar-refractivity contribution >= 4 is 51.5 Å². The standard InChI is InChI=1S/C33H36N8O7/c34-23(11-18-14-36-24-7-3-1-5-21(18)24)30(44)40-27(12-19-15-37-25-8-4-2-6-22(19)25)31(45)41-28(13-20-16-35-17-38-20)32(46)39-26(33(47)48)9-10-29(42)43/h1-8,14-17,23,26-28,36-37H,9-13,34H2,(H,35,38)(H,39,46)(H,40,44)(H,41,45)(H,42,43)(H,47,48). The molecule has 250 valence electrons. The van der Waals surface area contributed by atoms with E-state index in [0.29, 0.717) is 5.69 Å². The fourth-order valence-corrected chi connectivity index (χ4v) is 5.53. The number of H-pyrrole nitrogens is 3. The summed E-state index contributed by atoms with van der Waals surface area (Å²) in [6.45, 7) is 0. The molecule has 3 amide bonds. The lowest BCUT2D eigenvalue weighted by atomic mass is 10.0. The zero-order valence-electron chi connectivity index (χ0n) is 25.7. The van der Waals surface area contributed by atoms with E-state index in [2.05, 4.69) is 35.9 Å². The van der Waals surface area contributed by atoms with E-state index in [0.717, 1.165) is 32.9 Å². The molecule has 3 heterocycles. The van der Waals surface area contributed by atoms with Crippen LogP contribution in [0.3, 0.4) is 0 Å². The van der Waals surface area contributed by atoms with Gasteiger partial charge < -0.3 is 46.8 Å². The zero-order valence-corrected chi connectivity index (χ0v) is 25.7. The van der Waals surface area contributed by atoms with Crippen molar-refractivity contribution in [3.05, 3.63) is 90.3 Å². The molecule has 5 aromatic rings. The van der Waals surface area contributed by atoms with Crippen LogP contribution in [0, 0.1) is 0 Å². The molecule has 5 rings (SSSR count). The molecule has 2 aromatic carbocycles. The molecule has 10 N–H and O–H groups in total. The molecule has 0 aliphatic carbocycles. The molecule has 15 heteroatoms. The van der Waals surface area contributed by atoms with Crippen molar-refractivity contribution in [3.8, 4) is 0 Å². The van der Waals surface area contributed by atoms with Crippen molar-refractivity contribution in [1.82, 2.24) is 35.9 Å². The highest BCUT2D eigenvalue weighted by Gasteiger charge is 2.32. The number of nitrogens with two attached hydrogens (primary N) is 1. The molecule has 0 bridgehead atoms. The SMILES string of the molecule is NC(Cc1c[nH]c2ccccc12)C(=O)NC(Cc1c[nH]c2ccccc12)C(=O)NC(Cc1cnc[nH]1)C(=O)NC(CCC(=O)O)C(=O)O. The topological polar surface area (TPSA) is 248 Å². The summed E-state index contributed by atoms with van der Waals surface area (Å²) < 4.78 is 0. The number of benzene rings is 2. The van der Waals surface area contributed by atoms with Crippen LogP contribution in [0.2, 0.25) is 0 Å². The molecule has 4 unspecified atom stereocenters. The van der Waals surface area contributed by atoms with Crippen molar-refractivity contribution < 1.29 is 34.2 Å². The number of nitrogens with one attached hydrogen (secondary N) is 6. The number of aromatic amines is 3. The second-order valence-corrected chi connectivity index (χ2v) is 11.5. The Morgan fingerprint density at radius 2 is 1.25 bits per heavy atom. The Morgan fingerprint density at radius 3 is 1.81 bits per heavy atom. The Morgan fingerprint density at radius 1 is 0.708 bits per heavy atom. The fourth-order valence-electron chi connectivity index (χ4n) is 5.53. The predicted octanol–water partition coefficient (Wildman–Crippen LogP) is 1.13. The quantitative estimate of drug-likeness (QED) is 0.0737. The molecule has 15 nitrogen and oxygen atoms in total. The highest BCUT2D eigenvalue weighted by Crippen LogP contribution is 2.21. The van der Waals surface area contributed by atoms with Crippen LogP contribution in [-0.2, 0) is 43.2 Å². The van der Waals surface area contributed by atoms with Crippen LogP contribution in [-0.4, -0.2) is 84.0 Å². The van der Waals surface area contributed by atoms with Crippen LogP contribution in [0.15, 0.2) is 73.4 Å². The summed E-state index contributed by atoms with van der Waals surface area (Å²) in [5, 5.41) is 28.1. The summed E-state index contributed by atoms with van der Waals surface area (Å²) >= 11 is 0. The van der Waals surface area contributed by atoms with E-state index in [1.807, 2.05) is 48.5 Å². The first-order chi connectivity index (χ1) is 23.1. The minimum Gasteiger partial charge on any atom is -0.481 e. The van der Waals surface area contributed by atoms with Gasteiger partial charge in [-0.05, 0) is 36.1 Å². The van der Waals surface area contributed by atoms with Crippen LogP contribution in [0.1, 0.15) is 29.7 Å². The van der Waals surface area contributed by atoms with Crippen molar-refractivity contribution in [1.29, 1.82) is 0 Å². The van der Waals surface area contributed by atoms with Gasteiger partial charge in [-0.15, -0.1) is 0 Å². The van der Waals surface area contributed by atoms with Crippen LogP contribution in [0.4, 0.5) is 0 Å². The van der Waals surface area contributed by atoms with E-state index in [1.165, 1.54) is 12.5 Å². The van der Waals surface area contributed by atoms with Crippen molar-refractivity contribution in [2.75, 3.05) is 0 Å². The lowest BCUT2D eigenvalue weighted by Crippen LogP contribution is -2.58. The predicted molar refractivity (Wildman–Crippen MR) is 175 cm³/mol. The molecule has 0 aliphatic heterocycles. The molecule has 0 aliphatic rings. The van der Waals surface area contributed by atoms with Crippen LogP contribution < -0.4 is 21.7 Å². The Balaban J connectivity index is 1.37. The van der Waals surface area contributed by atoms with E-state index in [1.54, 1.807) is 12.4 Å². The number of fused-ring (bicyclic) bond motifs is 2. The molecular formula is C33H36N8O7. The summed E-state index contributed by atoms with van der Waals surface area (Å²) in [5.41, 5.74) is 10.1. The maximum absolute atomic E-state index is 14.0. The second-order valence-electron chi connectivity index (χ2n) is 11.5. The number of carboxylic acids is 2. The molecular weight excluding hydrogens is 620 g/mol. The second kappa shape index (κ2) is 15.1. The summed E-state index contributed by atoms with van der Waals surface area (Å²) in [7, 11) is 0. The van der Waals surface area contributed by atoms with Gasteiger partial charge in [0.1, 0.15) is 18.1 Å². The van der Waals surface area contributed by atoms with E-state index in [4.69, 9.17) is 10.8 Å². The number of aliphatic carboxylic acids is 2. The number of hydrogen-bond acceptors (Lipinski definition) is 7.